The molecule has 1 fully saturated rings. The summed E-state index contributed by atoms with van der Waals surface area (Å²) in [6, 6.07) is 5.71. The van der Waals surface area contributed by atoms with E-state index in [0.717, 1.165) is 29.5 Å². The van der Waals surface area contributed by atoms with Crippen molar-refractivity contribution in [1.29, 1.82) is 0 Å². The molecule has 0 aliphatic carbocycles. The minimum Gasteiger partial charge on any atom is -0.365 e. The van der Waals surface area contributed by atoms with Gasteiger partial charge in [-0.3, -0.25) is 10.1 Å². The number of piperidine rings is 1. The van der Waals surface area contributed by atoms with Gasteiger partial charge in [0.1, 0.15) is 5.69 Å². The molecule has 98 valence electrons. The minimum absolute atomic E-state index is 0.190. The van der Waals surface area contributed by atoms with Crippen molar-refractivity contribution < 1.29 is 4.92 Å². The third-order valence-electron chi connectivity index (χ3n) is 3.33. The van der Waals surface area contributed by atoms with Gasteiger partial charge in [-0.25, -0.2) is 0 Å². The van der Waals surface area contributed by atoms with E-state index >= 15 is 0 Å². The van der Waals surface area contributed by atoms with Crippen molar-refractivity contribution in [2.75, 3.05) is 25.0 Å². The van der Waals surface area contributed by atoms with E-state index in [0.29, 0.717) is 11.7 Å². The summed E-state index contributed by atoms with van der Waals surface area (Å²) in [5.74, 6) is 0. The molecule has 1 aliphatic rings. The molecule has 18 heavy (non-hydrogen) atoms. The first-order chi connectivity index (χ1) is 8.59. The zero-order chi connectivity index (χ0) is 13.1. The van der Waals surface area contributed by atoms with E-state index in [2.05, 4.69) is 27.9 Å². The average molecular weight is 361 g/mol. The molecule has 1 saturated heterocycles. The second-order valence-corrected chi connectivity index (χ2v) is 5.75. The van der Waals surface area contributed by atoms with Crippen LogP contribution in [0.5, 0.6) is 0 Å². The summed E-state index contributed by atoms with van der Waals surface area (Å²) in [5, 5.41) is 14.5. The number of nitro groups is 1. The molecule has 0 spiro atoms. The van der Waals surface area contributed by atoms with Crippen molar-refractivity contribution >= 4 is 34.0 Å². The second-order valence-electron chi connectivity index (χ2n) is 4.50. The lowest BCUT2D eigenvalue weighted by molar-refractivity contribution is -0.384. The van der Waals surface area contributed by atoms with Crippen LogP contribution in [0, 0.1) is 13.7 Å². The van der Waals surface area contributed by atoms with Crippen molar-refractivity contribution in [3.05, 3.63) is 31.9 Å². The van der Waals surface area contributed by atoms with Gasteiger partial charge >= 0.3 is 0 Å². The fourth-order valence-corrected chi connectivity index (χ4v) is 2.78. The summed E-state index contributed by atoms with van der Waals surface area (Å²) in [6.45, 7) is 1.93. The first kappa shape index (κ1) is 13.5. The van der Waals surface area contributed by atoms with Gasteiger partial charge in [-0.05, 0) is 54.1 Å². The molecule has 6 heteroatoms. The number of benzene rings is 1. The molecule has 0 aromatic heterocycles. The fraction of sp³-hybridized carbons (Fsp3) is 0.500. The van der Waals surface area contributed by atoms with Gasteiger partial charge in [-0.1, -0.05) is 0 Å². The first-order valence-corrected chi connectivity index (χ1v) is 7.05. The van der Waals surface area contributed by atoms with Gasteiger partial charge in [-0.15, -0.1) is 0 Å². The van der Waals surface area contributed by atoms with E-state index in [9.17, 15) is 10.1 Å². The van der Waals surface area contributed by atoms with Crippen LogP contribution in [0.4, 0.5) is 11.4 Å². The maximum Gasteiger partial charge on any atom is 0.293 e. The van der Waals surface area contributed by atoms with Crippen LogP contribution in [0.3, 0.4) is 0 Å². The van der Waals surface area contributed by atoms with Crippen LogP contribution >= 0.6 is 22.6 Å². The first-order valence-electron chi connectivity index (χ1n) is 5.97. The molecule has 0 amide bonds. The maximum absolute atomic E-state index is 11.1. The van der Waals surface area contributed by atoms with E-state index in [-0.39, 0.29) is 10.6 Å². The van der Waals surface area contributed by atoms with Gasteiger partial charge in [0.15, 0.2) is 0 Å². The third-order valence-corrected chi connectivity index (χ3v) is 4.00. The number of anilines is 1. The Bertz CT molecular complexity index is 447. The Morgan fingerprint density at radius 1 is 1.56 bits per heavy atom. The van der Waals surface area contributed by atoms with Crippen molar-refractivity contribution in [3.63, 3.8) is 0 Å². The Hall–Kier alpha value is -0.890. The summed E-state index contributed by atoms with van der Waals surface area (Å²) in [5.41, 5.74) is 0.893. The highest BCUT2D eigenvalue weighted by Gasteiger charge is 2.24. The van der Waals surface area contributed by atoms with Gasteiger partial charge in [-0.2, -0.15) is 0 Å². The monoisotopic (exact) mass is 361 g/mol. The number of rotatable bonds is 3. The van der Waals surface area contributed by atoms with Crippen molar-refractivity contribution in [2.24, 2.45) is 0 Å². The number of nitro benzene ring substituents is 1. The predicted molar refractivity (Wildman–Crippen MR) is 80.1 cm³/mol. The van der Waals surface area contributed by atoms with Crippen LogP contribution in [-0.2, 0) is 0 Å². The van der Waals surface area contributed by atoms with Crippen LogP contribution in [0.2, 0.25) is 0 Å². The molecule has 1 N–H and O–H groups in total. The lowest BCUT2D eigenvalue weighted by Crippen LogP contribution is -2.44. The normalized spacial score (nSPS) is 19.6. The molecule has 1 aromatic rings. The number of nitrogens with zero attached hydrogens (tertiary/aromatic N) is 2. The molecule has 1 aliphatic heterocycles. The van der Waals surface area contributed by atoms with E-state index in [1.54, 1.807) is 6.07 Å². The van der Waals surface area contributed by atoms with Gasteiger partial charge < -0.3 is 10.2 Å². The summed E-state index contributed by atoms with van der Waals surface area (Å²) in [4.78, 5) is 12.8. The lowest BCUT2D eigenvalue weighted by Gasteiger charge is -2.33. The Morgan fingerprint density at radius 2 is 2.33 bits per heavy atom. The van der Waals surface area contributed by atoms with E-state index in [1.807, 2.05) is 24.1 Å². The fourth-order valence-electron chi connectivity index (χ4n) is 2.30. The highest BCUT2D eigenvalue weighted by atomic mass is 127. The minimum atomic E-state index is -0.301. The van der Waals surface area contributed by atoms with Gasteiger partial charge in [0.05, 0.1) is 4.92 Å². The zero-order valence-electron chi connectivity index (χ0n) is 10.2. The molecule has 5 nitrogen and oxygen atoms in total. The van der Waals surface area contributed by atoms with Crippen LogP contribution in [0.15, 0.2) is 18.2 Å². The second kappa shape index (κ2) is 5.83. The third kappa shape index (κ3) is 2.92. The molecule has 0 saturated carbocycles. The Balaban J connectivity index is 2.28. The quantitative estimate of drug-likeness (QED) is 0.510. The number of hydrogen-bond donors (Lipinski definition) is 1. The molecule has 1 unspecified atom stereocenters. The standard InChI is InChI=1S/C12H16IN3O2/c1-15(10-3-2-6-14-8-10)11-5-4-9(13)7-12(11)16(17)18/h4-5,7,10,14H,2-3,6,8H2,1H3. The summed E-state index contributed by atoms with van der Waals surface area (Å²) in [7, 11) is 1.94. The Morgan fingerprint density at radius 3 is 2.94 bits per heavy atom. The Labute approximate surface area is 120 Å². The molecule has 1 aromatic carbocycles. The molecule has 1 atom stereocenters. The number of halogens is 1. The van der Waals surface area contributed by atoms with Crippen LogP contribution in [0.1, 0.15) is 12.8 Å². The molecular weight excluding hydrogens is 345 g/mol. The van der Waals surface area contributed by atoms with Gasteiger partial charge in [0.25, 0.3) is 5.69 Å². The van der Waals surface area contributed by atoms with E-state index in [4.69, 9.17) is 0 Å². The van der Waals surface area contributed by atoms with E-state index < -0.39 is 0 Å². The smallest absolute Gasteiger partial charge is 0.293 e. The number of nitrogens with one attached hydrogen (secondary N) is 1. The summed E-state index contributed by atoms with van der Waals surface area (Å²) >= 11 is 2.10. The average Bonchev–Trinajstić information content (AvgIpc) is 2.39. The molecule has 2 rings (SSSR count). The SMILES string of the molecule is CN(c1ccc(I)cc1[N+](=O)[O-])C1CCCNC1. The van der Waals surface area contributed by atoms with Gasteiger partial charge in [0.2, 0.25) is 0 Å². The van der Waals surface area contributed by atoms with Gasteiger partial charge in [0, 0.05) is 29.3 Å². The largest absolute Gasteiger partial charge is 0.365 e. The highest BCUT2D eigenvalue weighted by Crippen LogP contribution is 2.31. The van der Waals surface area contributed by atoms with Crippen molar-refractivity contribution in [1.82, 2.24) is 5.32 Å². The topological polar surface area (TPSA) is 58.4 Å². The molecule has 1 heterocycles. The molecule has 0 bridgehead atoms. The van der Waals surface area contributed by atoms with Crippen LogP contribution < -0.4 is 10.2 Å². The number of likely N-dealkylation sites (N-methyl/N-ethyl adjacent to an activating group) is 1. The lowest BCUT2D eigenvalue weighted by atomic mass is 10.1. The number of hydrogen-bond acceptors (Lipinski definition) is 4. The van der Waals surface area contributed by atoms with E-state index in [1.165, 1.54) is 0 Å². The van der Waals surface area contributed by atoms with Crippen LogP contribution in [0.25, 0.3) is 0 Å². The zero-order valence-corrected chi connectivity index (χ0v) is 12.4. The molecular formula is C12H16IN3O2. The summed E-state index contributed by atoms with van der Waals surface area (Å²) < 4.78 is 0.887. The molecule has 0 radical (unpaired) electrons. The van der Waals surface area contributed by atoms with Crippen molar-refractivity contribution in [3.8, 4) is 0 Å². The highest BCUT2D eigenvalue weighted by molar-refractivity contribution is 14.1. The summed E-state index contributed by atoms with van der Waals surface area (Å²) in [6.07, 6.45) is 2.19. The Kier molecular flexibility index (Phi) is 4.39. The maximum atomic E-state index is 11.1. The van der Waals surface area contributed by atoms with Crippen molar-refractivity contribution in [2.45, 2.75) is 18.9 Å². The predicted octanol–water partition coefficient (Wildman–Crippen LogP) is 2.39. The van der Waals surface area contributed by atoms with Crippen LogP contribution in [-0.4, -0.2) is 31.1 Å².